The summed E-state index contributed by atoms with van der Waals surface area (Å²) in [5, 5.41) is 0. The van der Waals surface area contributed by atoms with E-state index in [9.17, 15) is 4.79 Å². The summed E-state index contributed by atoms with van der Waals surface area (Å²) in [5.41, 5.74) is 4.43. The highest BCUT2D eigenvalue weighted by Crippen LogP contribution is 2.26. The van der Waals surface area contributed by atoms with Crippen molar-refractivity contribution in [2.75, 3.05) is 27.2 Å². The Balaban J connectivity index is 2.14. The molecule has 0 saturated heterocycles. The molecule has 2 unspecified atom stereocenters. The number of hydrogen-bond acceptors (Lipinski definition) is 2. The van der Waals surface area contributed by atoms with Crippen molar-refractivity contribution in [3.05, 3.63) is 58.7 Å². The topological polar surface area (TPSA) is 23.6 Å². The average Bonchev–Trinajstić information content (AvgIpc) is 2.58. The van der Waals surface area contributed by atoms with Crippen molar-refractivity contribution in [1.82, 2.24) is 9.80 Å². The molecule has 1 aromatic carbocycles. The van der Waals surface area contributed by atoms with Crippen LogP contribution in [0.25, 0.3) is 0 Å². The van der Waals surface area contributed by atoms with Crippen LogP contribution in [-0.4, -0.2) is 50.7 Å². The first-order chi connectivity index (χ1) is 12.8. The molecule has 0 fully saturated rings. The Bertz CT molecular complexity index is 688. The molecule has 2 atom stereocenters. The number of rotatable bonds is 8. The first kappa shape index (κ1) is 21.5. The van der Waals surface area contributed by atoms with Gasteiger partial charge in [-0.3, -0.25) is 4.79 Å². The fraction of sp³-hybridized carbons (Fsp3) is 0.522. The summed E-state index contributed by atoms with van der Waals surface area (Å²) >= 11 is 0. The van der Waals surface area contributed by atoms with Crippen molar-refractivity contribution in [1.29, 1.82) is 0 Å². The summed E-state index contributed by atoms with van der Waals surface area (Å²) in [6.07, 6.45) is 7.93. The lowest BCUT2D eigenvalue weighted by Gasteiger charge is -2.27. The van der Waals surface area contributed by atoms with Crippen LogP contribution in [0.1, 0.15) is 36.5 Å². The van der Waals surface area contributed by atoms with Crippen LogP contribution in [0.2, 0.25) is 5.82 Å². The molecule has 0 aliphatic heterocycles. The van der Waals surface area contributed by atoms with Gasteiger partial charge in [0.1, 0.15) is 0 Å². The number of unbranched alkanes of at least 4 members (excludes halogenated alkanes) is 1. The zero-order valence-corrected chi connectivity index (χ0v) is 17.5. The number of benzene rings is 1. The molecule has 0 aromatic heterocycles. The third kappa shape index (κ3) is 6.69. The van der Waals surface area contributed by atoms with Gasteiger partial charge in [-0.25, -0.2) is 0 Å². The Hall–Kier alpha value is -1.81. The fourth-order valence-electron chi connectivity index (χ4n) is 3.53. The SMILES string of the molecule is [B]C1C=CC(C(=O)N(CCCCN(C)C)Cc2cc(C)cc(C)c2)=CC1C. The van der Waals surface area contributed by atoms with Gasteiger partial charge in [-0.2, -0.15) is 0 Å². The molecule has 1 amide bonds. The Morgan fingerprint density at radius 2 is 1.70 bits per heavy atom. The van der Waals surface area contributed by atoms with E-state index in [0.29, 0.717) is 6.54 Å². The Labute approximate surface area is 166 Å². The number of amides is 1. The maximum Gasteiger partial charge on any atom is 0.253 e. The van der Waals surface area contributed by atoms with Gasteiger partial charge in [0.2, 0.25) is 0 Å². The summed E-state index contributed by atoms with van der Waals surface area (Å²) in [5.74, 6) is 0.286. The van der Waals surface area contributed by atoms with E-state index in [-0.39, 0.29) is 17.6 Å². The predicted octanol–water partition coefficient (Wildman–Crippen LogP) is 4.06. The standard InChI is InChI=1S/C23H33BN2O/c1-17-12-18(2)14-20(13-17)16-26(11-7-6-10-25(4)5)23(27)21-8-9-22(24)19(3)15-21/h8-9,12-15,19,22H,6-7,10-11,16H2,1-5H3. The van der Waals surface area contributed by atoms with Gasteiger partial charge in [-0.1, -0.05) is 60.3 Å². The molecule has 4 heteroatoms. The summed E-state index contributed by atoms with van der Waals surface area (Å²) in [4.78, 5) is 17.4. The second-order valence-corrected chi connectivity index (χ2v) is 8.15. The van der Waals surface area contributed by atoms with E-state index in [4.69, 9.17) is 7.85 Å². The van der Waals surface area contributed by atoms with Gasteiger partial charge in [-0.05, 0) is 58.8 Å². The van der Waals surface area contributed by atoms with Gasteiger partial charge in [-0.15, -0.1) is 0 Å². The third-order valence-corrected chi connectivity index (χ3v) is 5.02. The quantitative estimate of drug-likeness (QED) is 0.513. The first-order valence-electron chi connectivity index (χ1n) is 9.93. The molecule has 0 saturated carbocycles. The smallest absolute Gasteiger partial charge is 0.253 e. The van der Waals surface area contributed by atoms with E-state index in [1.54, 1.807) is 0 Å². The first-order valence-corrected chi connectivity index (χ1v) is 9.93. The number of nitrogens with zero attached hydrogens (tertiary/aromatic N) is 2. The van der Waals surface area contributed by atoms with Gasteiger partial charge in [0, 0.05) is 18.7 Å². The molecule has 3 nitrogen and oxygen atoms in total. The van der Waals surface area contributed by atoms with E-state index in [0.717, 1.165) is 31.5 Å². The molecule has 1 aliphatic rings. The molecular formula is C23H33BN2O. The molecule has 0 spiro atoms. The summed E-state index contributed by atoms with van der Waals surface area (Å²) in [6, 6.07) is 6.52. The number of hydrogen-bond donors (Lipinski definition) is 0. The van der Waals surface area contributed by atoms with Crippen molar-refractivity contribution < 1.29 is 4.79 Å². The lowest BCUT2D eigenvalue weighted by Crippen LogP contribution is -2.33. The number of carbonyl (C=O) groups excluding carboxylic acids is 1. The van der Waals surface area contributed by atoms with Crippen LogP contribution in [0.5, 0.6) is 0 Å². The highest BCUT2D eigenvalue weighted by atomic mass is 16.2. The maximum atomic E-state index is 13.2. The monoisotopic (exact) mass is 364 g/mol. The van der Waals surface area contributed by atoms with Gasteiger partial charge in [0.15, 0.2) is 0 Å². The second-order valence-electron chi connectivity index (χ2n) is 8.15. The van der Waals surface area contributed by atoms with Crippen LogP contribution < -0.4 is 0 Å². The minimum Gasteiger partial charge on any atom is -0.334 e. The van der Waals surface area contributed by atoms with Crippen LogP contribution in [0.15, 0.2) is 42.0 Å². The summed E-state index contributed by atoms with van der Waals surface area (Å²) in [6.45, 7) is 8.73. The van der Waals surface area contributed by atoms with Gasteiger partial charge >= 0.3 is 0 Å². The summed E-state index contributed by atoms with van der Waals surface area (Å²) < 4.78 is 0. The molecule has 2 rings (SSSR count). The lowest BCUT2D eigenvalue weighted by molar-refractivity contribution is -0.127. The molecule has 1 aliphatic carbocycles. The average molecular weight is 364 g/mol. The van der Waals surface area contributed by atoms with Gasteiger partial charge < -0.3 is 9.80 Å². The highest BCUT2D eigenvalue weighted by molar-refractivity contribution is 6.13. The molecule has 2 radical (unpaired) electrons. The maximum absolute atomic E-state index is 13.2. The van der Waals surface area contributed by atoms with E-state index < -0.39 is 0 Å². The zero-order valence-electron chi connectivity index (χ0n) is 17.5. The normalized spacial score (nSPS) is 19.3. The zero-order chi connectivity index (χ0) is 20.0. The van der Waals surface area contributed by atoms with Gasteiger partial charge in [0.05, 0.1) is 7.85 Å². The number of aryl methyl sites for hydroxylation is 2. The minimum absolute atomic E-state index is 0.00508. The highest BCUT2D eigenvalue weighted by Gasteiger charge is 2.21. The van der Waals surface area contributed by atoms with Crippen molar-refractivity contribution in [2.45, 2.75) is 46.0 Å². The minimum atomic E-state index is -0.00508. The fourth-order valence-corrected chi connectivity index (χ4v) is 3.53. The van der Waals surface area contributed by atoms with Gasteiger partial charge in [0.25, 0.3) is 5.91 Å². The third-order valence-electron chi connectivity index (χ3n) is 5.02. The molecule has 0 heterocycles. The molecule has 27 heavy (non-hydrogen) atoms. The Morgan fingerprint density at radius 3 is 2.30 bits per heavy atom. The van der Waals surface area contributed by atoms with Crippen LogP contribution in [0, 0.1) is 19.8 Å². The number of carbonyl (C=O) groups is 1. The predicted molar refractivity (Wildman–Crippen MR) is 115 cm³/mol. The van der Waals surface area contributed by atoms with E-state index in [1.165, 1.54) is 16.7 Å². The van der Waals surface area contributed by atoms with E-state index in [1.807, 2.05) is 23.1 Å². The van der Waals surface area contributed by atoms with Crippen LogP contribution >= 0.6 is 0 Å². The number of allylic oxidation sites excluding steroid dienone is 2. The van der Waals surface area contributed by atoms with Crippen molar-refractivity contribution in [2.24, 2.45) is 5.92 Å². The second kappa shape index (κ2) is 9.94. The largest absolute Gasteiger partial charge is 0.334 e. The van der Waals surface area contributed by atoms with Crippen molar-refractivity contribution >= 4 is 13.8 Å². The van der Waals surface area contributed by atoms with E-state index >= 15 is 0 Å². The summed E-state index contributed by atoms with van der Waals surface area (Å²) in [7, 11) is 10.2. The molecule has 1 aromatic rings. The lowest BCUT2D eigenvalue weighted by atomic mass is 9.74. The van der Waals surface area contributed by atoms with Crippen LogP contribution in [-0.2, 0) is 11.3 Å². The molecule has 0 bridgehead atoms. The molecular weight excluding hydrogens is 331 g/mol. The van der Waals surface area contributed by atoms with Crippen LogP contribution in [0.4, 0.5) is 0 Å². The van der Waals surface area contributed by atoms with Crippen molar-refractivity contribution in [3.63, 3.8) is 0 Å². The van der Waals surface area contributed by atoms with E-state index in [2.05, 4.69) is 58.0 Å². The molecule has 144 valence electrons. The Morgan fingerprint density at radius 1 is 1.07 bits per heavy atom. The van der Waals surface area contributed by atoms with Crippen LogP contribution in [0.3, 0.4) is 0 Å². The Kier molecular flexibility index (Phi) is 7.91. The molecule has 0 N–H and O–H groups in total. The van der Waals surface area contributed by atoms with Crippen molar-refractivity contribution in [3.8, 4) is 0 Å².